The first-order valence-corrected chi connectivity index (χ1v) is 7.84. The van der Waals surface area contributed by atoms with Crippen LogP contribution in [0, 0.1) is 0 Å². The van der Waals surface area contributed by atoms with Crippen LogP contribution in [-0.4, -0.2) is 47.1 Å². The van der Waals surface area contributed by atoms with Gasteiger partial charge in [-0.25, -0.2) is 9.97 Å². The van der Waals surface area contributed by atoms with E-state index in [1.165, 1.54) is 11.3 Å². The van der Waals surface area contributed by atoms with Crippen LogP contribution in [0.25, 0.3) is 10.3 Å². The summed E-state index contributed by atoms with van der Waals surface area (Å²) in [5.41, 5.74) is 7.07. The molecule has 0 radical (unpaired) electrons. The van der Waals surface area contributed by atoms with Crippen molar-refractivity contribution in [1.29, 1.82) is 0 Å². The third kappa shape index (κ3) is 2.84. The molecule has 3 heterocycles. The van der Waals surface area contributed by atoms with Crippen molar-refractivity contribution in [3.63, 3.8) is 0 Å². The Morgan fingerprint density at radius 1 is 1.48 bits per heavy atom. The summed E-state index contributed by atoms with van der Waals surface area (Å²) in [5.74, 6) is -0.0912. The summed E-state index contributed by atoms with van der Waals surface area (Å²) in [6, 6.07) is 0. The molecule has 1 fully saturated rings. The Bertz CT molecular complexity index is 651. The maximum absolute atomic E-state index is 12.6. The lowest BCUT2D eigenvalue weighted by Crippen LogP contribution is -2.37. The van der Waals surface area contributed by atoms with Crippen LogP contribution in [0.2, 0.25) is 0 Å². The number of aromatic nitrogens is 2. The highest BCUT2D eigenvalue weighted by atomic mass is 32.1. The Labute approximate surface area is 126 Å². The Morgan fingerprint density at radius 3 is 3.00 bits per heavy atom. The van der Waals surface area contributed by atoms with Gasteiger partial charge in [-0.15, -0.1) is 11.3 Å². The minimum Gasteiger partial charge on any atom is -0.396 e. The molecule has 2 aromatic rings. The van der Waals surface area contributed by atoms with Gasteiger partial charge in [0.15, 0.2) is 0 Å². The molecular formula is C14H18N4O2S. The number of anilines is 1. The number of thiophene rings is 1. The lowest BCUT2D eigenvalue weighted by atomic mass is 10.1. The Balaban J connectivity index is 1.77. The van der Waals surface area contributed by atoms with E-state index in [2.05, 4.69) is 9.97 Å². The molecule has 0 aromatic carbocycles. The number of nitrogens with zero attached hydrogens (tertiary/aromatic N) is 3. The number of likely N-dealkylation sites (N-methyl/N-ethyl adjacent to an activating group) is 1. The van der Waals surface area contributed by atoms with Gasteiger partial charge in [-0.3, -0.25) is 4.79 Å². The van der Waals surface area contributed by atoms with E-state index in [0.717, 1.165) is 25.9 Å². The largest absolute Gasteiger partial charge is 0.396 e. The normalized spacial score (nSPS) is 18.8. The third-order valence-electron chi connectivity index (χ3n) is 3.66. The minimum atomic E-state index is -0.0912. The van der Waals surface area contributed by atoms with Crippen molar-refractivity contribution in [2.75, 3.05) is 25.9 Å². The average Bonchev–Trinajstić information content (AvgIpc) is 2.85. The fourth-order valence-electron chi connectivity index (χ4n) is 2.52. The summed E-state index contributed by atoms with van der Waals surface area (Å²) in [6.07, 6.45) is 6.58. The lowest BCUT2D eigenvalue weighted by molar-refractivity contribution is -0.0000831. The molecule has 21 heavy (non-hydrogen) atoms. The molecule has 112 valence electrons. The third-order valence-corrected chi connectivity index (χ3v) is 4.75. The molecular weight excluding hydrogens is 288 g/mol. The van der Waals surface area contributed by atoms with Gasteiger partial charge in [0.2, 0.25) is 0 Å². The zero-order chi connectivity index (χ0) is 14.8. The molecule has 3 rings (SSSR count). The van der Waals surface area contributed by atoms with Crippen LogP contribution in [0.15, 0.2) is 12.4 Å². The van der Waals surface area contributed by atoms with E-state index < -0.39 is 0 Å². The van der Waals surface area contributed by atoms with Crippen molar-refractivity contribution < 1.29 is 9.53 Å². The second-order valence-corrected chi connectivity index (χ2v) is 6.23. The number of amides is 1. The van der Waals surface area contributed by atoms with E-state index in [4.69, 9.17) is 10.5 Å². The van der Waals surface area contributed by atoms with Crippen LogP contribution in [-0.2, 0) is 4.74 Å². The zero-order valence-corrected chi connectivity index (χ0v) is 12.7. The zero-order valence-electron chi connectivity index (χ0n) is 11.9. The molecule has 1 amide bonds. The molecule has 7 heteroatoms. The molecule has 1 saturated heterocycles. The summed E-state index contributed by atoms with van der Waals surface area (Å²) in [6.45, 7) is 1.37. The second kappa shape index (κ2) is 5.95. The predicted molar refractivity (Wildman–Crippen MR) is 82.4 cm³/mol. The lowest BCUT2D eigenvalue weighted by Gasteiger charge is -2.27. The van der Waals surface area contributed by atoms with E-state index in [1.807, 2.05) is 0 Å². The SMILES string of the molecule is CN(CC1CCCCO1)C(=O)c1sc2nccnc2c1N. The van der Waals surface area contributed by atoms with Crippen LogP contribution < -0.4 is 5.73 Å². The highest BCUT2D eigenvalue weighted by molar-refractivity contribution is 7.21. The highest BCUT2D eigenvalue weighted by Gasteiger charge is 2.24. The molecule has 1 aliphatic rings. The van der Waals surface area contributed by atoms with Crippen molar-refractivity contribution in [1.82, 2.24) is 14.9 Å². The van der Waals surface area contributed by atoms with Crippen LogP contribution >= 0.6 is 11.3 Å². The van der Waals surface area contributed by atoms with Crippen molar-refractivity contribution >= 4 is 33.3 Å². The van der Waals surface area contributed by atoms with E-state index in [0.29, 0.717) is 27.5 Å². The Morgan fingerprint density at radius 2 is 2.29 bits per heavy atom. The first kappa shape index (κ1) is 14.2. The van der Waals surface area contributed by atoms with E-state index >= 15 is 0 Å². The van der Waals surface area contributed by atoms with Gasteiger partial charge in [0.05, 0.1) is 11.8 Å². The second-order valence-electron chi connectivity index (χ2n) is 5.23. The number of hydrogen-bond acceptors (Lipinski definition) is 6. The van der Waals surface area contributed by atoms with Gasteiger partial charge < -0.3 is 15.4 Å². The number of carbonyl (C=O) groups is 1. The Kier molecular flexibility index (Phi) is 4.03. The summed E-state index contributed by atoms with van der Waals surface area (Å²) in [4.78, 5) is 23.8. The Hall–Kier alpha value is -1.73. The number of fused-ring (bicyclic) bond motifs is 1. The van der Waals surface area contributed by atoms with Crippen molar-refractivity contribution in [2.45, 2.75) is 25.4 Å². The van der Waals surface area contributed by atoms with Gasteiger partial charge in [0.25, 0.3) is 5.91 Å². The minimum absolute atomic E-state index is 0.0912. The van der Waals surface area contributed by atoms with Gasteiger partial charge in [-0.1, -0.05) is 0 Å². The maximum Gasteiger partial charge on any atom is 0.266 e. The van der Waals surface area contributed by atoms with Crippen LogP contribution in [0.4, 0.5) is 5.69 Å². The monoisotopic (exact) mass is 306 g/mol. The number of hydrogen-bond donors (Lipinski definition) is 1. The first-order chi connectivity index (χ1) is 10.2. The number of nitrogens with two attached hydrogens (primary N) is 1. The average molecular weight is 306 g/mol. The van der Waals surface area contributed by atoms with Gasteiger partial charge >= 0.3 is 0 Å². The van der Waals surface area contributed by atoms with Gasteiger partial charge in [-0.05, 0) is 19.3 Å². The molecule has 2 aromatic heterocycles. The van der Waals surface area contributed by atoms with E-state index in [1.54, 1.807) is 24.3 Å². The molecule has 1 aliphatic heterocycles. The van der Waals surface area contributed by atoms with Crippen molar-refractivity contribution in [3.05, 3.63) is 17.3 Å². The van der Waals surface area contributed by atoms with Crippen LogP contribution in [0.5, 0.6) is 0 Å². The summed E-state index contributed by atoms with van der Waals surface area (Å²) >= 11 is 1.29. The standard InChI is InChI=1S/C14H18N4O2S/c1-18(8-9-4-2-3-7-20-9)14(19)12-10(15)11-13(21-12)17-6-5-16-11/h5-6,9H,2-4,7-8,15H2,1H3. The summed E-state index contributed by atoms with van der Waals surface area (Å²) in [5, 5.41) is 0. The smallest absolute Gasteiger partial charge is 0.266 e. The highest BCUT2D eigenvalue weighted by Crippen LogP contribution is 2.31. The van der Waals surface area contributed by atoms with Gasteiger partial charge in [0.1, 0.15) is 15.2 Å². The topological polar surface area (TPSA) is 81.3 Å². The molecule has 0 aliphatic carbocycles. The van der Waals surface area contributed by atoms with Gasteiger partial charge in [0, 0.05) is 32.6 Å². The molecule has 2 N–H and O–H groups in total. The molecule has 0 saturated carbocycles. The molecule has 1 atom stereocenters. The number of nitrogen functional groups attached to an aromatic ring is 1. The van der Waals surface area contributed by atoms with Crippen LogP contribution in [0.3, 0.4) is 0 Å². The quantitative estimate of drug-likeness (QED) is 0.937. The first-order valence-electron chi connectivity index (χ1n) is 7.03. The molecule has 0 spiro atoms. The fraction of sp³-hybridized carbons (Fsp3) is 0.500. The van der Waals surface area contributed by atoms with Gasteiger partial charge in [-0.2, -0.15) is 0 Å². The predicted octanol–water partition coefficient (Wildman–Crippen LogP) is 1.91. The molecule has 1 unspecified atom stereocenters. The maximum atomic E-state index is 12.6. The van der Waals surface area contributed by atoms with E-state index in [-0.39, 0.29) is 12.0 Å². The van der Waals surface area contributed by atoms with E-state index in [9.17, 15) is 4.79 Å². The van der Waals surface area contributed by atoms with Crippen LogP contribution in [0.1, 0.15) is 28.9 Å². The summed E-state index contributed by atoms with van der Waals surface area (Å²) < 4.78 is 5.68. The molecule has 0 bridgehead atoms. The van der Waals surface area contributed by atoms with Crippen molar-refractivity contribution in [2.24, 2.45) is 0 Å². The number of ether oxygens (including phenoxy) is 1. The molecule has 6 nitrogen and oxygen atoms in total. The number of rotatable bonds is 3. The van der Waals surface area contributed by atoms with Crippen molar-refractivity contribution in [3.8, 4) is 0 Å². The number of carbonyl (C=O) groups excluding carboxylic acids is 1. The summed E-state index contributed by atoms with van der Waals surface area (Å²) in [7, 11) is 1.78. The fourth-order valence-corrected chi connectivity index (χ4v) is 3.53.